The molecule has 0 aliphatic heterocycles. The van der Waals surface area contributed by atoms with E-state index in [2.05, 4.69) is 15.2 Å². The highest BCUT2D eigenvalue weighted by Crippen LogP contribution is 2.26. The van der Waals surface area contributed by atoms with Gasteiger partial charge in [-0.1, -0.05) is 39.0 Å². The number of hydrogen-bond acceptors (Lipinski definition) is 5. The van der Waals surface area contributed by atoms with Crippen molar-refractivity contribution in [3.8, 4) is 0 Å². The summed E-state index contributed by atoms with van der Waals surface area (Å²) in [5.74, 6) is -0.615. The molecule has 2 rings (SSSR count). The summed E-state index contributed by atoms with van der Waals surface area (Å²) in [6.07, 6.45) is -5.69. The molecule has 2 atom stereocenters. The van der Waals surface area contributed by atoms with Crippen LogP contribution in [0.25, 0.3) is 10.9 Å². The molecule has 0 bridgehead atoms. The number of carbonyl (C=O) groups excluding carboxylic acids is 1. The number of para-hydroxylation sites is 1. The number of nitrogens with two attached hydrogens (primary N) is 1. The van der Waals surface area contributed by atoms with Gasteiger partial charge in [-0.25, -0.2) is 0 Å². The van der Waals surface area contributed by atoms with E-state index in [4.69, 9.17) is 5.73 Å². The van der Waals surface area contributed by atoms with Gasteiger partial charge in [-0.05, 0) is 11.5 Å². The van der Waals surface area contributed by atoms with E-state index in [1.807, 2.05) is 0 Å². The van der Waals surface area contributed by atoms with Gasteiger partial charge in [0.05, 0.1) is 24.7 Å². The van der Waals surface area contributed by atoms with E-state index in [1.54, 1.807) is 45.0 Å². The van der Waals surface area contributed by atoms with Crippen LogP contribution in [-0.4, -0.2) is 46.2 Å². The van der Waals surface area contributed by atoms with Crippen molar-refractivity contribution in [2.75, 3.05) is 13.2 Å². The third kappa shape index (κ3) is 5.66. The lowest BCUT2D eigenvalue weighted by molar-refractivity contribution is -0.174. The Morgan fingerprint density at radius 2 is 1.96 bits per heavy atom. The molecule has 1 aromatic heterocycles. The summed E-state index contributed by atoms with van der Waals surface area (Å²) >= 11 is 0. The Morgan fingerprint density at radius 3 is 2.54 bits per heavy atom. The topological polar surface area (TPSA) is 102 Å². The van der Waals surface area contributed by atoms with E-state index < -0.39 is 36.4 Å². The number of hydrogen-bond donors (Lipinski definition) is 3. The second-order valence-electron chi connectivity index (χ2n) is 7.56. The largest absolute Gasteiger partial charge is 0.411 e. The third-order valence-electron chi connectivity index (χ3n) is 4.13. The average Bonchev–Trinajstić information content (AvgIpc) is 2.93. The number of rotatable bonds is 8. The van der Waals surface area contributed by atoms with E-state index in [9.17, 15) is 23.1 Å². The predicted molar refractivity (Wildman–Crippen MR) is 97.1 cm³/mol. The first kappa shape index (κ1) is 22.1. The van der Waals surface area contributed by atoms with Gasteiger partial charge in [0.25, 0.3) is 0 Å². The second kappa shape index (κ2) is 8.46. The van der Waals surface area contributed by atoms with E-state index in [-0.39, 0.29) is 18.8 Å². The maximum absolute atomic E-state index is 12.2. The monoisotopic (exact) mass is 402 g/mol. The van der Waals surface area contributed by atoms with Crippen molar-refractivity contribution in [2.45, 2.75) is 45.8 Å². The molecule has 1 unspecified atom stereocenters. The Bertz CT molecular complexity index is 814. The van der Waals surface area contributed by atoms with Crippen molar-refractivity contribution in [2.24, 2.45) is 11.1 Å². The molecule has 1 heterocycles. The van der Waals surface area contributed by atoms with Crippen molar-refractivity contribution < 1.29 is 27.8 Å². The smallest absolute Gasteiger partial charge is 0.373 e. The van der Waals surface area contributed by atoms with Gasteiger partial charge in [-0.2, -0.15) is 18.3 Å². The molecular formula is C18H25F3N4O3. The van der Waals surface area contributed by atoms with Crippen molar-refractivity contribution in [1.29, 1.82) is 0 Å². The SMILES string of the molecule is CC(C)(C)[C@H](NC(O)c1nn(CCOCC(F)(F)F)c2ccccc12)C(N)=O. The molecule has 0 saturated heterocycles. The zero-order valence-electron chi connectivity index (χ0n) is 16.0. The molecule has 1 amide bonds. The number of fused-ring (bicyclic) bond motifs is 1. The summed E-state index contributed by atoms with van der Waals surface area (Å²) in [5.41, 5.74) is 5.77. The van der Waals surface area contributed by atoms with Crippen LogP contribution in [0.4, 0.5) is 13.2 Å². The van der Waals surface area contributed by atoms with Crippen LogP contribution in [0.15, 0.2) is 24.3 Å². The van der Waals surface area contributed by atoms with Crippen LogP contribution in [0.2, 0.25) is 0 Å². The van der Waals surface area contributed by atoms with Crippen molar-refractivity contribution >= 4 is 16.8 Å². The summed E-state index contributed by atoms with van der Waals surface area (Å²) in [7, 11) is 0. The number of ether oxygens (including phenoxy) is 1. The Kier molecular flexibility index (Phi) is 6.68. The van der Waals surface area contributed by atoms with Gasteiger partial charge in [0.1, 0.15) is 12.3 Å². The molecule has 2 aromatic rings. The number of aliphatic hydroxyl groups excluding tert-OH is 1. The molecule has 0 aliphatic carbocycles. The first-order valence-corrected chi connectivity index (χ1v) is 8.73. The standard InChI is InChI=1S/C18H25F3N4O3/c1-17(2,3)14(15(22)26)23-16(27)13-11-6-4-5-7-12(11)25(24-13)8-9-28-10-18(19,20)21/h4-7,14,16,23,27H,8-10H2,1-3H3,(H2,22,26)/t14-,16?/m1/s1. The Hall–Kier alpha value is -2.17. The molecule has 10 heteroatoms. The van der Waals surface area contributed by atoms with E-state index in [0.717, 1.165) is 0 Å². The van der Waals surface area contributed by atoms with Crippen molar-refractivity contribution in [3.05, 3.63) is 30.0 Å². The molecule has 4 N–H and O–H groups in total. The molecule has 0 spiro atoms. The molecular weight excluding hydrogens is 377 g/mol. The lowest BCUT2D eigenvalue weighted by atomic mass is 9.86. The Balaban J connectivity index is 2.22. The second-order valence-corrected chi connectivity index (χ2v) is 7.56. The minimum atomic E-state index is -4.39. The predicted octanol–water partition coefficient (Wildman–Crippen LogP) is 2.10. The van der Waals surface area contributed by atoms with Gasteiger partial charge >= 0.3 is 6.18 Å². The van der Waals surface area contributed by atoms with Gasteiger partial charge in [-0.3, -0.25) is 14.8 Å². The van der Waals surface area contributed by atoms with Crippen LogP contribution in [0.1, 0.15) is 32.7 Å². The van der Waals surface area contributed by atoms with Gasteiger partial charge in [0.2, 0.25) is 5.91 Å². The molecule has 0 saturated carbocycles. The maximum Gasteiger partial charge on any atom is 0.411 e. The molecule has 0 radical (unpaired) electrons. The van der Waals surface area contributed by atoms with Crippen LogP contribution in [-0.2, 0) is 16.1 Å². The summed E-state index contributed by atoms with van der Waals surface area (Å²) < 4.78 is 42.7. The van der Waals surface area contributed by atoms with Crippen LogP contribution in [0.5, 0.6) is 0 Å². The van der Waals surface area contributed by atoms with Crippen LogP contribution in [0.3, 0.4) is 0 Å². The quantitative estimate of drug-likeness (QED) is 0.464. The fourth-order valence-electron chi connectivity index (χ4n) is 2.86. The fourth-order valence-corrected chi connectivity index (χ4v) is 2.86. The van der Waals surface area contributed by atoms with Crippen molar-refractivity contribution in [3.63, 3.8) is 0 Å². The molecule has 28 heavy (non-hydrogen) atoms. The van der Waals surface area contributed by atoms with Gasteiger partial charge in [0.15, 0.2) is 6.23 Å². The van der Waals surface area contributed by atoms with Crippen LogP contribution >= 0.6 is 0 Å². The minimum absolute atomic E-state index is 0.0713. The fraction of sp³-hybridized carbons (Fsp3) is 0.556. The number of halogens is 3. The van der Waals surface area contributed by atoms with E-state index in [1.165, 1.54) is 4.68 Å². The summed E-state index contributed by atoms with van der Waals surface area (Å²) in [4.78, 5) is 11.8. The molecule has 156 valence electrons. The zero-order valence-corrected chi connectivity index (χ0v) is 16.0. The lowest BCUT2D eigenvalue weighted by Gasteiger charge is -2.30. The number of amides is 1. The van der Waals surface area contributed by atoms with E-state index >= 15 is 0 Å². The number of aromatic nitrogens is 2. The van der Waals surface area contributed by atoms with Crippen LogP contribution in [0, 0.1) is 5.41 Å². The molecule has 0 fully saturated rings. The Labute approximate surface area is 160 Å². The molecule has 0 aliphatic rings. The highest BCUT2D eigenvalue weighted by molar-refractivity contribution is 5.83. The minimum Gasteiger partial charge on any atom is -0.373 e. The van der Waals surface area contributed by atoms with Gasteiger partial charge in [-0.15, -0.1) is 0 Å². The lowest BCUT2D eigenvalue weighted by Crippen LogP contribution is -2.51. The number of primary amides is 1. The highest BCUT2D eigenvalue weighted by Gasteiger charge is 2.32. The molecule has 7 nitrogen and oxygen atoms in total. The van der Waals surface area contributed by atoms with Gasteiger partial charge < -0.3 is 15.6 Å². The number of benzene rings is 1. The van der Waals surface area contributed by atoms with Crippen LogP contribution < -0.4 is 11.1 Å². The number of aliphatic hydroxyl groups is 1. The first-order valence-electron chi connectivity index (χ1n) is 8.73. The number of carbonyl (C=O) groups is 1. The maximum atomic E-state index is 12.2. The normalized spacial score (nSPS) is 15.0. The first-order chi connectivity index (χ1) is 12.9. The summed E-state index contributed by atoms with van der Waals surface area (Å²) in [5, 5.41) is 18.3. The highest BCUT2D eigenvalue weighted by atomic mass is 19.4. The zero-order chi connectivity index (χ0) is 21.1. The van der Waals surface area contributed by atoms with Crippen molar-refractivity contribution in [1.82, 2.24) is 15.1 Å². The molecule has 1 aromatic carbocycles. The number of nitrogens with one attached hydrogen (secondary N) is 1. The summed E-state index contributed by atoms with van der Waals surface area (Å²) in [6.45, 7) is 3.95. The number of nitrogens with zero attached hydrogens (tertiary/aromatic N) is 2. The third-order valence-corrected chi connectivity index (χ3v) is 4.13. The average molecular weight is 402 g/mol. The Morgan fingerprint density at radius 1 is 1.32 bits per heavy atom. The van der Waals surface area contributed by atoms with E-state index in [0.29, 0.717) is 10.9 Å². The number of alkyl halides is 3. The van der Waals surface area contributed by atoms with Gasteiger partial charge in [0, 0.05) is 5.39 Å². The summed E-state index contributed by atoms with van der Waals surface area (Å²) in [6, 6.07) is 6.15.